The molecule has 1 N–H and O–H groups in total. The number of aromatic nitrogens is 1. The molecule has 0 unspecified atom stereocenters. The molecule has 1 aromatic heterocycles. The Labute approximate surface area is 102 Å². The van der Waals surface area contributed by atoms with Crippen molar-refractivity contribution in [2.75, 3.05) is 7.11 Å². The van der Waals surface area contributed by atoms with E-state index < -0.39 is 5.24 Å². The average molecular weight is 250 g/mol. The zero-order valence-corrected chi connectivity index (χ0v) is 9.67. The van der Waals surface area contributed by atoms with E-state index in [2.05, 4.69) is 4.98 Å². The van der Waals surface area contributed by atoms with Crippen molar-refractivity contribution < 1.29 is 14.3 Å². The van der Waals surface area contributed by atoms with Crippen LogP contribution in [0.15, 0.2) is 24.4 Å². The van der Waals surface area contributed by atoms with Gasteiger partial charge in [0.05, 0.1) is 12.5 Å². The standard InChI is InChI=1S/C12H8ClNO3/c1-17-10-4-2-3-9-11(10)7(5-14-9)8(6-15)12(13)16/h2-5,14H,1H3. The van der Waals surface area contributed by atoms with Crippen LogP contribution in [-0.4, -0.2) is 23.3 Å². The minimum Gasteiger partial charge on any atom is -0.496 e. The van der Waals surface area contributed by atoms with Crippen LogP contribution >= 0.6 is 11.6 Å². The van der Waals surface area contributed by atoms with Gasteiger partial charge in [-0.25, -0.2) is 4.79 Å². The summed E-state index contributed by atoms with van der Waals surface area (Å²) in [5, 5.41) is -0.200. The van der Waals surface area contributed by atoms with E-state index in [1.54, 1.807) is 18.1 Å². The third-order valence-corrected chi connectivity index (χ3v) is 2.64. The fourth-order valence-corrected chi connectivity index (χ4v) is 1.86. The van der Waals surface area contributed by atoms with Crippen LogP contribution in [0.5, 0.6) is 5.75 Å². The molecule has 1 heterocycles. The number of benzene rings is 1. The number of rotatable bonds is 3. The van der Waals surface area contributed by atoms with Gasteiger partial charge in [0.15, 0.2) is 0 Å². The fourth-order valence-electron chi connectivity index (χ4n) is 1.72. The number of hydrogen-bond acceptors (Lipinski definition) is 3. The third-order valence-electron chi connectivity index (χ3n) is 2.46. The molecule has 0 atom stereocenters. The number of nitrogens with one attached hydrogen (secondary N) is 1. The maximum Gasteiger partial charge on any atom is 0.264 e. The molecule has 86 valence electrons. The van der Waals surface area contributed by atoms with Crippen molar-refractivity contribution in [1.82, 2.24) is 4.98 Å². The summed E-state index contributed by atoms with van der Waals surface area (Å²) in [5.74, 6) is 2.12. The topological polar surface area (TPSA) is 59.2 Å². The van der Waals surface area contributed by atoms with Crippen LogP contribution in [0, 0.1) is 0 Å². The van der Waals surface area contributed by atoms with Crippen LogP contribution in [0.2, 0.25) is 0 Å². The monoisotopic (exact) mass is 249 g/mol. The van der Waals surface area contributed by atoms with Crippen molar-refractivity contribution in [3.8, 4) is 5.75 Å². The number of halogens is 1. The summed E-state index contributed by atoms with van der Waals surface area (Å²) in [6.45, 7) is 0. The summed E-state index contributed by atoms with van der Waals surface area (Å²) >= 11 is 5.34. The van der Waals surface area contributed by atoms with Crippen molar-refractivity contribution in [2.24, 2.45) is 0 Å². The predicted molar refractivity (Wildman–Crippen MR) is 64.8 cm³/mol. The maximum absolute atomic E-state index is 11.1. The average Bonchev–Trinajstić information content (AvgIpc) is 2.73. The molecule has 0 bridgehead atoms. The van der Waals surface area contributed by atoms with Gasteiger partial charge in [0.1, 0.15) is 17.3 Å². The number of carbonyl (C=O) groups is 1. The molecule has 2 rings (SSSR count). The number of hydrogen-bond donors (Lipinski definition) is 1. The SMILES string of the molecule is COc1cccc2[nH]cc(C(=C=O)C(=O)Cl)c12. The lowest BCUT2D eigenvalue weighted by Gasteiger charge is -2.03. The summed E-state index contributed by atoms with van der Waals surface area (Å²) in [7, 11) is 1.51. The first kappa shape index (κ1) is 11.5. The second kappa shape index (κ2) is 4.45. The largest absolute Gasteiger partial charge is 0.496 e. The fraction of sp³-hybridized carbons (Fsp3) is 0.0833. The molecule has 0 aliphatic heterocycles. The van der Waals surface area contributed by atoms with Crippen LogP contribution < -0.4 is 4.74 Å². The zero-order chi connectivity index (χ0) is 12.4. The molecular weight excluding hydrogens is 242 g/mol. The summed E-state index contributed by atoms with van der Waals surface area (Å²) in [5.41, 5.74) is 0.944. The van der Waals surface area contributed by atoms with Gasteiger partial charge in [-0.15, -0.1) is 0 Å². The molecule has 4 nitrogen and oxygen atoms in total. The predicted octanol–water partition coefficient (Wildman–Crippen LogP) is 2.16. The number of aromatic amines is 1. The second-order valence-electron chi connectivity index (χ2n) is 3.34. The van der Waals surface area contributed by atoms with E-state index in [4.69, 9.17) is 16.3 Å². The van der Waals surface area contributed by atoms with Gasteiger partial charge in [0, 0.05) is 17.3 Å². The van der Waals surface area contributed by atoms with Gasteiger partial charge in [-0.1, -0.05) is 6.07 Å². The minimum absolute atomic E-state index is 0.206. The van der Waals surface area contributed by atoms with Crippen molar-refractivity contribution in [1.29, 1.82) is 0 Å². The van der Waals surface area contributed by atoms with Crippen molar-refractivity contribution in [3.05, 3.63) is 30.0 Å². The van der Waals surface area contributed by atoms with E-state index in [0.29, 0.717) is 16.7 Å². The summed E-state index contributed by atoms with van der Waals surface area (Å²) < 4.78 is 5.18. The Balaban J connectivity index is 2.79. The van der Waals surface area contributed by atoms with Crippen LogP contribution in [0.25, 0.3) is 16.5 Å². The molecule has 17 heavy (non-hydrogen) atoms. The second-order valence-corrected chi connectivity index (χ2v) is 3.68. The van der Waals surface area contributed by atoms with Crippen LogP contribution in [0.1, 0.15) is 5.56 Å². The molecule has 0 spiro atoms. The number of fused-ring (bicyclic) bond motifs is 1. The Kier molecular flexibility index (Phi) is 3.00. The molecule has 5 heteroatoms. The quantitative estimate of drug-likeness (QED) is 0.515. The molecule has 0 aliphatic carbocycles. The van der Waals surface area contributed by atoms with Gasteiger partial charge in [0.25, 0.3) is 5.24 Å². The maximum atomic E-state index is 11.1. The first-order valence-electron chi connectivity index (χ1n) is 4.78. The highest BCUT2D eigenvalue weighted by Crippen LogP contribution is 2.32. The van der Waals surface area contributed by atoms with E-state index in [-0.39, 0.29) is 5.57 Å². The lowest BCUT2D eigenvalue weighted by molar-refractivity contribution is -0.106. The van der Waals surface area contributed by atoms with E-state index >= 15 is 0 Å². The van der Waals surface area contributed by atoms with E-state index in [9.17, 15) is 9.59 Å². The van der Waals surface area contributed by atoms with Gasteiger partial charge < -0.3 is 9.72 Å². The third kappa shape index (κ3) is 1.84. The van der Waals surface area contributed by atoms with Gasteiger partial charge in [-0.2, -0.15) is 0 Å². The van der Waals surface area contributed by atoms with E-state index in [0.717, 1.165) is 5.52 Å². The smallest absolute Gasteiger partial charge is 0.264 e. The van der Waals surface area contributed by atoms with Gasteiger partial charge in [-0.3, -0.25) is 4.79 Å². The molecule has 0 fully saturated rings. The van der Waals surface area contributed by atoms with Crippen LogP contribution in [-0.2, 0) is 9.59 Å². The zero-order valence-electron chi connectivity index (χ0n) is 8.91. The van der Waals surface area contributed by atoms with Gasteiger partial charge in [-0.05, 0) is 23.7 Å². The van der Waals surface area contributed by atoms with E-state index in [1.165, 1.54) is 13.3 Å². The van der Waals surface area contributed by atoms with Crippen molar-refractivity contribution >= 4 is 39.3 Å². The van der Waals surface area contributed by atoms with Crippen molar-refractivity contribution in [2.45, 2.75) is 0 Å². The molecule has 1 aromatic carbocycles. The number of H-pyrrole nitrogens is 1. The Hall–Kier alpha value is -2.03. The first-order valence-corrected chi connectivity index (χ1v) is 5.16. The van der Waals surface area contributed by atoms with Crippen LogP contribution in [0.3, 0.4) is 0 Å². The summed E-state index contributed by atoms with van der Waals surface area (Å²) in [6, 6.07) is 5.34. The molecule has 0 saturated carbocycles. The Morgan fingerprint density at radius 1 is 1.47 bits per heavy atom. The molecule has 0 aliphatic rings. The van der Waals surface area contributed by atoms with Gasteiger partial charge in [0.2, 0.25) is 0 Å². The van der Waals surface area contributed by atoms with Crippen molar-refractivity contribution in [3.63, 3.8) is 0 Å². The molecule has 0 amide bonds. The lowest BCUT2D eigenvalue weighted by atomic mass is 10.1. The van der Waals surface area contributed by atoms with Gasteiger partial charge >= 0.3 is 0 Å². The Morgan fingerprint density at radius 3 is 2.82 bits per heavy atom. The van der Waals surface area contributed by atoms with Crippen LogP contribution in [0.4, 0.5) is 0 Å². The number of allylic oxidation sites excluding steroid dienone is 1. The first-order chi connectivity index (χ1) is 8.19. The Bertz CT molecular complexity index is 638. The summed E-state index contributed by atoms with van der Waals surface area (Å²) in [6.07, 6.45) is 1.54. The molecule has 0 saturated heterocycles. The van der Waals surface area contributed by atoms with E-state index in [1.807, 2.05) is 6.07 Å². The molecule has 2 aromatic rings. The number of carbonyl (C=O) groups excluding carboxylic acids is 2. The Morgan fingerprint density at radius 2 is 2.24 bits per heavy atom. The molecule has 0 radical (unpaired) electrons. The highest BCUT2D eigenvalue weighted by Gasteiger charge is 2.17. The minimum atomic E-state index is -0.841. The number of ether oxygens (including phenoxy) is 1. The summed E-state index contributed by atoms with van der Waals surface area (Å²) in [4.78, 5) is 24.8. The highest BCUT2D eigenvalue weighted by atomic mass is 35.5. The lowest BCUT2D eigenvalue weighted by Crippen LogP contribution is -1.94. The number of methoxy groups -OCH3 is 1. The normalized spacial score (nSPS) is 10.0. The molecular formula is C12H8ClNO3. The highest BCUT2D eigenvalue weighted by molar-refractivity contribution is 6.76.